The van der Waals surface area contributed by atoms with Gasteiger partial charge in [0, 0.05) is 51.3 Å². The maximum atomic E-state index is 12.9. The molecular weight excluding hydrogens is 522 g/mol. The van der Waals surface area contributed by atoms with Gasteiger partial charge in [-0.3, -0.25) is 9.59 Å². The number of nitrogens with zero attached hydrogens (tertiary/aromatic N) is 1. The third-order valence-corrected chi connectivity index (χ3v) is 6.38. The van der Waals surface area contributed by atoms with Crippen molar-refractivity contribution in [3.8, 4) is 0 Å². The van der Waals surface area contributed by atoms with Crippen LogP contribution in [0.3, 0.4) is 0 Å². The van der Waals surface area contributed by atoms with Crippen molar-refractivity contribution < 1.29 is 28.6 Å². The van der Waals surface area contributed by atoms with Gasteiger partial charge in [-0.05, 0) is 64.2 Å². The number of nitrogens with one attached hydrogen (secondary N) is 2. The van der Waals surface area contributed by atoms with Gasteiger partial charge in [-0.1, -0.05) is 43.0 Å². The highest BCUT2D eigenvalue weighted by Gasteiger charge is 2.29. The van der Waals surface area contributed by atoms with Crippen LogP contribution >= 0.6 is 11.6 Å². The predicted molar refractivity (Wildman–Crippen MR) is 154 cm³/mol. The second-order valence-electron chi connectivity index (χ2n) is 10.6. The van der Waals surface area contributed by atoms with Crippen molar-refractivity contribution in [1.82, 2.24) is 15.5 Å². The van der Waals surface area contributed by atoms with Crippen molar-refractivity contribution in [1.29, 1.82) is 0 Å². The number of hydrogen-bond acceptors (Lipinski definition) is 7. The Kier molecular flexibility index (Phi) is 17.5. The summed E-state index contributed by atoms with van der Waals surface area (Å²) >= 11 is 5.92. The molecule has 1 aromatic rings. The first-order chi connectivity index (χ1) is 18.6. The molecule has 3 rings (SSSR count). The van der Waals surface area contributed by atoms with E-state index in [2.05, 4.69) is 15.4 Å². The molecule has 2 N–H and O–H groups in total. The molecule has 1 unspecified atom stereocenters. The number of benzene rings is 1. The van der Waals surface area contributed by atoms with E-state index in [1.807, 2.05) is 12.1 Å². The molecule has 1 aliphatic carbocycles. The SMILES string of the molecule is CC(C)(C)OC(=O)NC(Cc1ccc(Cl)cc1)C(=O)N1CCNCC1.CCOC=O.COCC1CCCCC1. The Morgan fingerprint density at radius 3 is 2.23 bits per heavy atom. The van der Waals surface area contributed by atoms with Crippen LogP contribution in [0.2, 0.25) is 5.02 Å². The molecule has 0 spiro atoms. The fourth-order valence-corrected chi connectivity index (χ4v) is 4.40. The van der Waals surface area contributed by atoms with Gasteiger partial charge in [0.05, 0.1) is 6.61 Å². The van der Waals surface area contributed by atoms with Crippen molar-refractivity contribution in [3.63, 3.8) is 0 Å². The highest BCUT2D eigenvalue weighted by atomic mass is 35.5. The number of carbonyl (C=O) groups excluding carboxylic acids is 3. The van der Waals surface area contributed by atoms with Crippen LogP contribution in [0.25, 0.3) is 0 Å². The summed E-state index contributed by atoms with van der Waals surface area (Å²) < 4.78 is 14.5. The van der Waals surface area contributed by atoms with Crippen molar-refractivity contribution in [3.05, 3.63) is 34.9 Å². The van der Waals surface area contributed by atoms with Crippen LogP contribution in [-0.4, -0.2) is 81.5 Å². The molecule has 2 fully saturated rings. The number of amides is 2. The summed E-state index contributed by atoms with van der Waals surface area (Å²) in [6.45, 7) is 11.8. The summed E-state index contributed by atoms with van der Waals surface area (Å²) in [4.78, 5) is 36.0. The first kappa shape index (κ1) is 34.7. The number of ether oxygens (including phenoxy) is 3. The molecule has 0 bridgehead atoms. The standard InChI is InChI=1S/C18H26ClN3O3.C8H16O.C3H6O2/c1-18(2,3)25-17(24)21-15(12-13-4-6-14(19)7-5-13)16(23)22-10-8-20-9-11-22;1-9-7-8-5-3-2-4-6-8;1-2-5-3-4/h4-7,15,20H,8-12H2,1-3H3,(H,21,24);8H,2-7H2,1H3;3H,2H2,1H3. The van der Waals surface area contributed by atoms with Crippen molar-refractivity contribution in [2.24, 2.45) is 5.92 Å². The van der Waals surface area contributed by atoms with Crippen LogP contribution < -0.4 is 10.6 Å². The lowest BCUT2D eigenvalue weighted by atomic mass is 9.90. The second kappa shape index (κ2) is 19.7. The van der Waals surface area contributed by atoms with E-state index in [0.29, 0.717) is 37.6 Å². The maximum absolute atomic E-state index is 12.9. The smallest absolute Gasteiger partial charge is 0.408 e. The molecule has 222 valence electrons. The number of carbonyl (C=O) groups is 3. The molecule has 2 amide bonds. The molecule has 1 saturated carbocycles. The molecule has 39 heavy (non-hydrogen) atoms. The topological polar surface area (TPSA) is 106 Å². The number of hydrogen-bond donors (Lipinski definition) is 2. The second-order valence-corrected chi connectivity index (χ2v) is 11.1. The zero-order valence-electron chi connectivity index (χ0n) is 24.3. The van der Waals surface area contributed by atoms with Crippen LogP contribution in [0.5, 0.6) is 0 Å². The van der Waals surface area contributed by atoms with E-state index in [1.54, 1.807) is 51.8 Å². The number of halogens is 1. The number of alkyl carbamates (subject to hydrolysis) is 1. The zero-order valence-corrected chi connectivity index (χ0v) is 25.1. The van der Waals surface area contributed by atoms with Gasteiger partial charge in [0.25, 0.3) is 6.47 Å². The molecule has 1 aromatic carbocycles. The summed E-state index contributed by atoms with van der Waals surface area (Å²) in [5.41, 5.74) is 0.307. The van der Waals surface area contributed by atoms with Crippen molar-refractivity contribution in [2.45, 2.75) is 77.9 Å². The highest BCUT2D eigenvalue weighted by Crippen LogP contribution is 2.23. The van der Waals surface area contributed by atoms with E-state index in [-0.39, 0.29) is 5.91 Å². The molecule has 1 atom stereocenters. The Bertz CT molecular complexity index is 817. The van der Waals surface area contributed by atoms with E-state index < -0.39 is 17.7 Å². The largest absolute Gasteiger partial charge is 0.468 e. The summed E-state index contributed by atoms with van der Waals surface area (Å²) in [7, 11) is 1.80. The lowest BCUT2D eigenvalue weighted by Crippen LogP contribution is -2.55. The average Bonchev–Trinajstić information content (AvgIpc) is 2.91. The van der Waals surface area contributed by atoms with Gasteiger partial charge in [0.1, 0.15) is 11.6 Å². The Labute approximate surface area is 239 Å². The van der Waals surface area contributed by atoms with Gasteiger partial charge in [0.2, 0.25) is 5.91 Å². The minimum absolute atomic E-state index is 0.0951. The number of rotatable bonds is 8. The fourth-order valence-electron chi connectivity index (χ4n) is 4.27. The van der Waals surface area contributed by atoms with Crippen molar-refractivity contribution in [2.75, 3.05) is 46.5 Å². The minimum atomic E-state index is -0.672. The van der Waals surface area contributed by atoms with Crippen LogP contribution in [0, 0.1) is 5.92 Å². The number of piperazine rings is 1. The summed E-state index contributed by atoms with van der Waals surface area (Å²) in [5, 5.41) is 6.58. The molecule has 10 heteroatoms. The quantitative estimate of drug-likeness (QED) is 0.441. The summed E-state index contributed by atoms with van der Waals surface area (Å²) in [6, 6.07) is 6.59. The summed E-state index contributed by atoms with van der Waals surface area (Å²) in [5.74, 6) is 0.783. The van der Waals surface area contributed by atoms with Gasteiger partial charge in [-0.15, -0.1) is 0 Å². The Morgan fingerprint density at radius 1 is 1.13 bits per heavy atom. The van der Waals surface area contributed by atoms with Gasteiger partial charge in [-0.25, -0.2) is 4.79 Å². The van der Waals surface area contributed by atoms with Crippen molar-refractivity contribution >= 4 is 30.1 Å². The minimum Gasteiger partial charge on any atom is -0.468 e. The van der Waals surface area contributed by atoms with Gasteiger partial charge >= 0.3 is 6.09 Å². The molecule has 0 aromatic heterocycles. The summed E-state index contributed by atoms with van der Waals surface area (Å²) in [6.07, 6.45) is 6.89. The molecule has 0 radical (unpaired) electrons. The predicted octanol–water partition coefficient (Wildman–Crippen LogP) is 4.60. The maximum Gasteiger partial charge on any atom is 0.408 e. The molecule has 1 heterocycles. The molecular formula is C29H48ClN3O6. The van der Waals surface area contributed by atoms with Gasteiger partial charge < -0.3 is 29.7 Å². The molecule has 1 aliphatic heterocycles. The average molecular weight is 570 g/mol. The van der Waals surface area contributed by atoms with Crippen LogP contribution in [0.1, 0.15) is 65.4 Å². The van der Waals surface area contributed by atoms with Gasteiger partial charge in [-0.2, -0.15) is 0 Å². The molecule has 1 saturated heterocycles. The van der Waals surface area contributed by atoms with E-state index in [0.717, 1.165) is 31.2 Å². The molecule has 9 nitrogen and oxygen atoms in total. The Hall–Kier alpha value is -2.36. The zero-order chi connectivity index (χ0) is 29.1. The van der Waals surface area contributed by atoms with Gasteiger partial charge in [0.15, 0.2) is 0 Å². The third-order valence-electron chi connectivity index (χ3n) is 6.13. The number of methoxy groups -OCH3 is 1. The van der Waals surface area contributed by atoms with Crippen LogP contribution in [0.15, 0.2) is 24.3 Å². The van der Waals surface area contributed by atoms with E-state index >= 15 is 0 Å². The normalized spacial score (nSPS) is 16.4. The highest BCUT2D eigenvalue weighted by molar-refractivity contribution is 6.30. The first-order valence-electron chi connectivity index (χ1n) is 13.9. The monoisotopic (exact) mass is 569 g/mol. The molecule has 2 aliphatic rings. The van der Waals surface area contributed by atoms with Crippen LogP contribution in [0.4, 0.5) is 4.79 Å². The third kappa shape index (κ3) is 16.4. The van der Waals surface area contributed by atoms with Crippen LogP contribution in [-0.2, 0) is 30.2 Å². The van der Waals surface area contributed by atoms with E-state index in [4.69, 9.17) is 21.1 Å². The van der Waals surface area contributed by atoms with E-state index in [9.17, 15) is 14.4 Å². The Balaban J connectivity index is 0.000000444. The first-order valence-corrected chi connectivity index (χ1v) is 14.2. The van der Waals surface area contributed by atoms with E-state index in [1.165, 1.54) is 32.1 Å². The lowest BCUT2D eigenvalue weighted by Gasteiger charge is -2.31. The lowest BCUT2D eigenvalue weighted by molar-refractivity contribution is -0.134. The fraction of sp³-hybridized carbons (Fsp3) is 0.690. The Morgan fingerprint density at radius 2 is 1.74 bits per heavy atom.